The molecule has 1 saturated heterocycles. The van der Waals surface area contributed by atoms with E-state index in [4.69, 9.17) is 0 Å². The van der Waals surface area contributed by atoms with Crippen LogP contribution in [0.5, 0.6) is 0 Å². The third kappa shape index (κ3) is 3.13. The van der Waals surface area contributed by atoms with Crippen molar-refractivity contribution in [3.8, 4) is 0 Å². The molecule has 1 aromatic heterocycles. The van der Waals surface area contributed by atoms with E-state index in [0.29, 0.717) is 6.54 Å². The van der Waals surface area contributed by atoms with E-state index in [1.165, 1.54) is 10.8 Å². The van der Waals surface area contributed by atoms with Gasteiger partial charge in [-0.25, -0.2) is 9.78 Å². The summed E-state index contributed by atoms with van der Waals surface area (Å²) in [4.78, 5) is 28.8. The molecule has 1 aromatic rings. The van der Waals surface area contributed by atoms with Crippen LogP contribution in [0.15, 0.2) is 23.3 Å². The molecule has 1 amide bonds. The van der Waals surface area contributed by atoms with Crippen molar-refractivity contribution in [2.24, 2.45) is 0 Å². The monoisotopic (exact) mass is 236 g/mol. The number of rotatable bonds is 2. The molecule has 2 heterocycles. The Bertz CT molecular complexity index is 435. The van der Waals surface area contributed by atoms with Gasteiger partial charge in [-0.05, 0) is 19.0 Å². The lowest BCUT2D eigenvalue weighted by molar-refractivity contribution is -0.131. The Morgan fingerprint density at radius 2 is 2.29 bits per heavy atom. The zero-order chi connectivity index (χ0) is 12.1. The number of aromatic nitrogens is 2. The van der Waals surface area contributed by atoms with Gasteiger partial charge in [0.1, 0.15) is 6.54 Å². The smallest absolute Gasteiger partial charge is 0.340 e. The molecule has 1 N–H and O–H groups in total. The SMILES string of the molecule is O=C(Cn1cccnc1=O)N1CCCNCC1. The molecule has 0 atom stereocenters. The van der Waals surface area contributed by atoms with Gasteiger partial charge in [0.25, 0.3) is 0 Å². The maximum atomic E-state index is 12.0. The highest BCUT2D eigenvalue weighted by Gasteiger charge is 2.15. The van der Waals surface area contributed by atoms with Gasteiger partial charge in [0.05, 0.1) is 0 Å². The van der Waals surface area contributed by atoms with Crippen LogP contribution in [0.2, 0.25) is 0 Å². The summed E-state index contributed by atoms with van der Waals surface area (Å²) in [5, 5.41) is 3.23. The minimum absolute atomic E-state index is 0.0243. The third-order valence-corrected chi connectivity index (χ3v) is 2.78. The van der Waals surface area contributed by atoms with Gasteiger partial charge >= 0.3 is 5.69 Å². The predicted octanol–water partition coefficient (Wildman–Crippen LogP) is -0.935. The Labute approximate surface area is 99.3 Å². The first-order valence-electron chi connectivity index (χ1n) is 5.77. The van der Waals surface area contributed by atoms with Crippen molar-refractivity contribution in [2.45, 2.75) is 13.0 Å². The van der Waals surface area contributed by atoms with E-state index in [1.54, 1.807) is 17.2 Å². The summed E-state index contributed by atoms with van der Waals surface area (Å²) in [6.07, 6.45) is 3.97. The van der Waals surface area contributed by atoms with E-state index < -0.39 is 0 Å². The summed E-state index contributed by atoms with van der Waals surface area (Å²) < 4.78 is 1.33. The maximum Gasteiger partial charge on any atom is 0.347 e. The van der Waals surface area contributed by atoms with Crippen LogP contribution < -0.4 is 11.0 Å². The molecule has 92 valence electrons. The van der Waals surface area contributed by atoms with Crippen molar-refractivity contribution in [1.29, 1.82) is 0 Å². The number of nitrogens with one attached hydrogen (secondary N) is 1. The first kappa shape index (κ1) is 11.8. The number of hydrogen-bond acceptors (Lipinski definition) is 4. The highest BCUT2D eigenvalue weighted by Crippen LogP contribution is 1.97. The Kier molecular flexibility index (Phi) is 3.87. The maximum absolute atomic E-state index is 12.0. The molecule has 17 heavy (non-hydrogen) atoms. The van der Waals surface area contributed by atoms with Gasteiger partial charge in [-0.15, -0.1) is 0 Å². The molecule has 0 bridgehead atoms. The van der Waals surface area contributed by atoms with Gasteiger partial charge in [0.2, 0.25) is 5.91 Å². The number of nitrogens with zero attached hydrogens (tertiary/aromatic N) is 3. The van der Waals surface area contributed by atoms with E-state index >= 15 is 0 Å². The van der Waals surface area contributed by atoms with Crippen LogP contribution in [0.1, 0.15) is 6.42 Å². The average molecular weight is 236 g/mol. The van der Waals surface area contributed by atoms with Gasteiger partial charge in [-0.2, -0.15) is 0 Å². The molecule has 6 heteroatoms. The molecular weight excluding hydrogens is 220 g/mol. The number of carbonyl (C=O) groups excluding carboxylic acids is 1. The molecule has 1 aliphatic heterocycles. The highest BCUT2D eigenvalue weighted by atomic mass is 16.2. The van der Waals surface area contributed by atoms with Crippen molar-refractivity contribution < 1.29 is 4.79 Å². The third-order valence-electron chi connectivity index (χ3n) is 2.78. The van der Waals surface area contributed by atoms with Crippen molar-refractivity contribution in [3.05, 3.63) is 28.9 Å². The summed E-state index contributed by atoms with van der Waals surface area (Å²) >= 11 is 0. The topological polar surface area (TPSA) is 67.2 Å². The van der Waals surface area contributed by atoms with Crippen LogP contribution >= 0.6 is 0 Å². The van der Waals surface area contributed by atoms with Crippen molar-refractivity contribution in [1.82, 2.24) is 19.8 Å². The van der Waals surface area contributed by atoms with Gasteiger partial charge in [0.15, 0.2) is 0 Å². The van der Waals surface area contributed by atoms with E-state index in [9.17, 15) is 9.59 Å². The predicted molar refractivity (Wildman–Crippen MR) is 62.6 cm³/mol. The minimum atomic E-state index is -0.381. The minimum Gasteiger partial charge on any atom is -0.340 e. The second-order valence-electron chi connectivity index (χ2n) is 4.01. The highest BCUT2D eigenvalue weighted by molar-refractivity contribution is 5.76. The molecule has 0 radical (unpaired) electrons. The molecule has 0 spiro atoms. The van der Waals surface area contributed by atoms with Crippen LogP contribution in [0.25, 0.3) is 0 Å². The first-order chi connectivity index (χ1) is 8.27. The van der Waals surface area contributed by atoms with Gasteiger partial charge in [-0.1, -0.05) is 0 Å². The van der Waals surface area contributed by atoms with Crippen LogP contribution in [0.4, 0.5) is 0 Å². The van der Waals surface area contributed by atoms with E-state index in [0.717, 1.165) is 26.1 Å². The fourth-order valence-electron chi connectivity index (χ4n) is 1.85. The zero-order valence-electron chi connectivity index (χ0n) is 9.63. The average Bonchev–Trinajstić information content (AvgIpc) is 2.61. The van der Waals surface area contributed by atoms with E-state index in [1.807, 2.05) is 0 Å². The fraction of sp³-hybridized carbons (Fsp3) is 0.545. The van der Waals surface area contributed by atoms with Crippen LogP contribution in [0.3, 0.4) is 0 Å². The Hall–Kier alpha value is -1.69. The lowest BCUT2D eigenvalue weighted by Crippen LogP contribution is -2.38. The number of amides is 1. The second kappa shape index (κ2) is 5.58. The standard InChI is InChI=1S/C11H16N4O2/c16-10(14-6-1-3-12-5-8-14)9-15-7-2-4-13-11(15)17/h2,4,7,12H,1,3,5-6,8-9H2. The summed E-state index contributed by atoms with van der Waals surface area (Å²) in [6, 6.07) is 1.65. The van der Waals surface area contributed by atoms with Gasteiger partial charge < -0.3 is 10.2 Å². The second-order valence-corrected chi connectivity index (χ2v) is 4.01. The summed E-state index contributed by atoms with van der Waals surface area (Å²) in [7, 11) is 0. The van der Waals surface area contributed by atoms with Crippen molar-refractivity contribution >= 4 is 5.91 Å². The van der Waals surface area contributed by atoms with Gasteiger partial charge in [0, 0.05) is 32.0 Å². The number of hydrogen-bond donors (Lipinski definition) is 1. The molecule has 0 aliphatic carbocycles. The molecule has 0 aromatic carbocycles. The normalized spacial score (nSPS) is 16.6. The van der Waals surface area contributed by atoms with Gasteiger partial charge in [-0.3, -0.25) is 9.36 Å². The van der Waals surface area contributed by atoms with E-state index in [2.05, 4.69) is 10.3 Å². The molecule has 0 saturated carbocycles. The molecule has 6 nitrogen and oxygen atoms in total. The fourth-order valence-corrected chi connectivity index (χ4v) is 1.85. The molecule has 0 unspecified atom stereocenters. The Morgan fingerprint density at radius 1 is 1.41 bits per heavy atom. The lowest BCUT2D eigenvalue weighted by Gasteiger charge is -2.20. The summed E-state index contributed by atoms with van der Waals surface area (Å²) in [5.74, 6) is -0.0243. The Morgan fingerprint density at radius 3 is 3.12 bits per heavy atom. The summed E-state index contributed by atoms with van der Waals surface area (Å²) in [6.45, 7) is 3.28. The summed E-state index contributed by atoms with van der Waals surface area (Å²) in [5.41, 5.74) is -0.381. The Balaban J connectivity index is 2.01. The quantitative estimate of drug-likeness (QED) is 0.720. The van der Waals surface area contributed by atoms with E-state index in [-0.39, 0.29) is 18.1 Å². The van der Waals surface area contributed by atoms with Crippen LogP contribution in [-0.2, 0) is 11.3 Å². The zero-order valence-corrected chi connectivity index (χ0v) is 9.63. The lowest BCUT2D eigenvalue weighted by atomic mass is 10.4. The largest absolute Gasteiger partial charge is 0.347 e. The van der Waals surface area contributed by atoms with Crippen LogP contribution in [0, 0.1) is 0 Å². The molecule has 1 fully saturated rings. The van der Waals surface area contributed by atoms with Crippen LogP contribution in [-0.4, -0.2) is 46.5 Å². The van der Waals surface area contributed by atoms with Crippen molar-refractivity contribution in [2.75, 3.05) is 26.2 Å². The molecular formula is C11H16N4O2. The number of carbonyl (C=O) groups is 1. The molecule has 1 aliphatic rings. The van der Waals surface area contributed by atoms with Crippen molar-refractivity contribution in [3.63, 3.8) is 0 Å². The first-order valence-corrected chi connectivity index (χ1v) is 5.77. The molecule has 2 rings (SSSR count).